The van der Waals surface area contributed by atoms with Gasteiger partial charge in [-0.15, -0.1) is 0 Å². The molecule has 1 aliphatic carbocycles. The molecular weight excluding hydrogens is 218 g/mol. The molecule has 0 aromatic carbocycles. The highest BCUT2D eigenvalue weighted by Crippen LogP contribution is 2.31. The molecule has 1 amide bonds. The standard InChI is InChI=1S/C13H23NO3/c1-8(2)7-11(13(16)17)14-12(15)10-6-4-5-9(10)3/h8-11H,4-7H2,1-3H3,(H,14,15)(H,16,17). The lowest BCUT2D eigenvalue weighted by atomic mass is 9.96. The third-order valence-corrected chi connectivity index (χ3v) is 3.52. The van der Waals surface area contributed by atoms with Crippen molar-refractivity contribution >= 4 is 11.9 Å². The summed E-state index contributed by atoms with van der Waals surface area (Å²) in [6.07, 6.45) is 3.52. The summed E-state index contributed by atoms with van der Waals surface area (Å²) in [6.45, 7) is 5.98. The molecule has 3 atom stereocenters. The molecule has 4 nitrogen and oxygen atoms in total. The summed E-state index contributed by atoms with van der Waals surface area (Å²) in [5.74, 6) is -0.370. The number of carboxylic acid groups (broad SMARTS) is 1. The van der Waals surface area contributed by atoms with E-state index in [1.165, 1.54) is 0 Å². The predicted octanol–water partition coefficient (Wildman–Crippen LogP) is 2.04. The Bertz CT molecular complexity index is 288. The van der Waals surface area contributed by atoms with E-state index in [1.807, 2.05) is 13.8 Å². The fourth-order valence-corrected chi connectivity index (χ4v) is 2.51. The average Bonchev–Trinajstić information content (AvgIpc) is 2.62. The summed E-state index contributed by atoms with van der Waals surface area (Å²) in [5.41, 5.74) is 0. The molecule has 0 radical (unpaired) electrons. The van der Waals surface area contributed by atoms with Crippen LogP contribution in [0.25, 0.3) is 0 Å². The molecule has 2 N–H and O–H groups in total. The lowest BCUT2D eigenvalue weighted by Gasteiger charge is -2.20. The van der Waals surface area contributed by atoms with Gasteiger partial charge in [0.05, 0.1) is 0 Å². The van der Waals surface area contributed by atoms with E-state index >= 15 is 0 Å². The highest BCUT2D eigenvalue weighted by atomic mass is 16.4. The topological polar surface area (TPSA) is 66.4 Å². The Hall–Kier alpha value is -1.06. The van der Waals surface area contributed by atoms with Gasteiger partial charge in [0, 0.05) is 5.92 Å². The zero-order valence-corrected chi connectivity index (χ0v) is 10.9. The van der Waals surface area contributed by atoms with Crippen LogP contribution >= 0.6 is 0 Å². The van der Waals surface area contributed by atoms with E-state index in [9.17, 15) is 9.59 Å². The zero-order chi connectivity index (χ0) is 13.0. The molecule has 0 aromatic heterocycles. The number of aliphatic carboxylic acids is 1. The maximum absolute atomic E-state index is 12.0. The highest BCUT2D eigenvalue weighted by molar-refractivity contribution is 5.85. The first-order valence-corrected chi connectivity index (χ1v) is 6.45. The van der Waals surface area contributed by atoms with Crippen LogP contribution in [0.1, 0.15) is 46.5 Å². The molecule has 0 aliphatic heterocycles. The summed E-state index contributed by atoms with van der Waals surface area (Å²) in [6, 6.07) is -0.740. The summed E-state index contributed by atoms with van der Waals surface area (Å²) in [7, 11) is 0. The number of carbonyl (C=O) groups is 2. The zero-order valence-electron chi connectivity index (χ0n) is 10.9. The van der Waals surface area contributed by atoms with Crippen LogP contribution in [0.2, 0.25) is 0 Å². The largest absolute Gasteiger partial charge is 0.480 e. The van der Waals surface area contributed by atoms with Gasteiger partial charge in [-0.3, -0.25) is 4.79 Å². The monoisotopic (exact) mass is 241 g/mol. The number of amides is 1. The minimum atomic E-state index is -0.933. The van der Waals surface area contributed by atoms with Crippen molar-refractivity contribution in [2.75, 3.05) is 0 Å². The second-order valence-electron chi connectivity index (χ2n) is 5.54. The maximum atomic E-state index is 12.0. The Morgan fingerprint density at radius 3 is 2.41 bits per heavy atom. The van der Waals surface area contributed by atoms with Crippen LogP contribution in [0.5, 0.6) is 0 Å². The number of nitrogens with one attached hydrogen (secondary N) is 1. The highest BCUT2D eigenvalue weighted by Gasteiger charge is 2.32. The molecule has 98 valence electrons. The van der Waals surface area contributed by atoms with Gasteiger partial charge in [-0.25, -0.2) is 4.79 Å². The fraction of sp³-hybridized carbons (Fsp3) is 0.846. The lowest BCUT2D eigenvalue weighted by Crippen LogP contribution is -2.44. The first-order chi connectivity index (χ1) is 7.91. The van der Waals surface area contributed by atoms with Gasteiger partial charge in [0.2, 0.25) is 5.91 Å². The number of hydrogen-bond donors (Lipinski definition) is 2. The van der Waals surface area contributed by atoms with Crippen LogP contribution in [-0.2, 0) is 9.59 Å². The van der Waals surface area contributed by atoms with Crippen LogP contribution < -0.4 is 5.32 Å². The van der Waals surface area contributed by atoms with Gasteiger partial charge in [-0.2, -0.15) is 0 Å². The lowest BCUT2D eigenvalue weighted by molar-refractivity contribution is -0.143. The van der Waals surface area contributed by atoms with Crippen LogP contribution in [0.4, 0.5) is 0 Å². The Labute approximate surface area is 103 Å². The van der Waals surface area contributed by atoms with Crippen molar-refractivity contribution in [3.05, 3.63) is 0 Å². The third kappa shape index (κ3) is 4.02. The molecule has 3 unspecified atom stereocenters. The first-order valence-electron chi connectivity index (χ1n) is 6.45. The van der Waals surface area contributed by atoms with Gasteiger partial charge < -0.3 is 10.4 Å². The molecule has 1 saturated carbocycles. The Morgan fingerprint density at radius 2 is 2.00 bits per heavy atom. The molecule has 0 bridgehead atoms. The normalized spacial score (nSPS) is 25.9. The molecule has 0 saturated heterocycles. The van der Waals surface area contributed by atoms with Crippen molar-refractivity contribution in [2.24, 2.45) is 17.8 Å². The predicted molar refractivity (Wildman–Crippen MR) is 65.5 cm³/mol. The van der Waals surface area contributed by atoms with Crippen LogP contribution in [0.3, 0.4) is 0 Å². The van der Waals surface area contributed by atoms with Gasteiger partial charge in [0.15, 0.2) is 0 Å². The van der Waals surface area contributed by atoms with Crippen molar-refractivity contribution < 1.29 is 14.7 Å². The van der Waals surface area contributed by atoms with E-state index in [0.717, 1.165) is 19.3 Å². The maximum Gasteiger partial charge on any atom is 0.326 e. The van der Waals surface area contributed by atoms with Gasteiger partial charge in [0.1, 0.15) is 6.04 Å². The molecular formula is C13H23NO3. The van der Waals surface area contributed by atoms with E-state index in [1.54, 1.807) is 0 Å². The average molecular weight is 241 g/mol. The van der Waals surface area contributed by atoms with Gasteiger partial charge >= 0.3 is 5.97 Å². The van der Waals surface area contributed by atoms with Crippen molar-refractivity contribution in [1.29, 1.82) is 0 Å². The Morgan fingerprint density at radius 1 is 1.35 bits per heavy atom. The number of carbonyl (C=O) groups excluding carboxylic acids is 1. The molecule has 0 spiro atoms. The smallest absolute Gasteiger partial charge is 0.326 e. The Kier molecular flexibility index (Phi) is 4.97. The quantitative estimate of drug-likeness (QED) is 0.774. The summed E-state index contributed by atoms with van der Waals surface area (Å²) >= 11 is 0. The van der Waals surface area contributed by atoms with E-state index in [4.69, 9.17) is 5.11 Å². The van der Waals surface area contributed by atoms with Crippen LogP contribution in [0.15, 0.2) is 0 Å². The summed E-state index contributed by atoms with van der Waals surface area (Å²) in [4.78, 5) is 23.0. The van der Waals surface area contributed by atoms with E-state index in [2.05, 4.69) is 12.2 Å². The second-order valence-corrected chi connectivity index (χ2v) is 5.54. The third-order valence-electron chi connectivity index (χ3n) is 3.52. The number of carboxylic acids is 1. The van der Waals surface area contributed by atoms with Crippen molar-refractivity contribution in [3.63, 3.8) is 0 Å². The summed E-state index contributed by atoms with van der Waals surface area (Å²) in [5, 5.41) is 11.7. The molecule has 1 aliphatic rings. The van der Waals surface area contributed by atoms with E-state index < -0.39 is 12.0 Å². The Balaban J connectivity index is 2.54. The van der Waals surface area contributed by atoms with Crippen molar-refractivity contribution in [2.45, 2.75) is 52.5 Å². The fourth-order valence-electron chi connectivity index (χ4n) is 2.51. The molecule has 0 aromatic rings. The second kappa shape index (κ2) is 6.03. The minimum Gasteiger partial charge on any atom is -0.480 e. The summed E-state index contributed by atoms with van der Waals surface area (Å²) < 4.78 is 0. The molecule has 17 heavy (non-hydrogen) atoms. The SMILES string of the molecule is CC(C)CC(NC(=O)C1CCCC1C)C(=O)O. The molecule has 1 fully saturated rings. The van der Waals surface area contributed by atoms with Gasteiger partial charge in [0.25, 0.3) is 0 Å². The van der Waals surface area contributed by atoms with Crippen molar-refractivity contribution in [3.8, 4) is 0 Å². The van der Waals surface area contributed by atoms with Gasteiger partial charge in [-0.05, 0) is 31.1 Å². The van der Waals surface area contributed by atoms with Crippen molar-refractivity contribution in [1.82, 2.24) is 5.32 Å². The van der Waals surface area contributed by atoms with Gasteiger partial charge in [-0.1, -0.05) is 27.2 Å². The van der Waals surface area contributed by atoms with E-state index in [0.29, 0.717) is 12.3 Å². The molecule has 0 heterocycles. The minimum absolute atomic E-state index is 0.00372. The first kappa shape index (κ1) is 14.0. The molecule has 1 rings (SSSR count). The molecule has 4 heteroatoms. The number of rotatable bonds is 5. The van der Waals surface area contributed by atoms with Crippen LogP contribution in [0, 0.1) is 17.8 Å². The number of hydrogen-bond acceptors (Lipinski definition) is 2. The van der Waals surface area contributed by atoms with E-state index in [-0.39, 0.29) is 17.7 Å². The van der Waals surface area contributed by atoms with Crippen LogP contribution in [-0.4, -0.2) is 23.0 Å².